The Morgan fingerprint density at radius 2 is 2.26 bits per heavy atom. The quantitative estimate of drug-likeness (QED) is 0.872. The van der Waals surface area contributed by atoms with E-state index >= 15 is 0 Å². The second kappa shape index (κ2) is 5.97. The standard InChI is InChI=1S/C13H17FN2O3/c14-9-6-11(13(18)19)12(15-7-9)16-5-3-1-2-4-10(16)8-17/h6-7,10,17H,1-5,8H2,(H,18,19). The summed E-state index contributed by atoms with van der Waals surface area (Å²) < 4.78 is 13.1. The number of nitrogens with zero attached hydrogens (tertiary/aromatic N) is 2. The summed E-state index contributed by atoms with van der Waals surface area (Å²) in [6, 6.07) is 0.822. The summed E-state index contributed by atoms with van der Waals surface area (Å²) in [6.45, 7) is 0.572. The predicted octanol–water partition coefficient (Wildman–Crippen LogP) is 1.66. The van der Waals surface area contributed by atoms with E-state index in [1.165, 1.54) is 0 Å². The zero-order valence-corrected chi connectivity index (χ0v) is 10.5. The number of carboxylic acid groups (broad SMARTS) is 1. The first-order chi connectivity index (χ1) is 9.13. The first-order valence-electron chi connectivity index (χ1n) is 6.40. The smallest absolute Gasteiger partial charge is 0.339 e. The van der Waals surface area contributed by atoms with Crippen LogP contribution in [-0.2, 0) is 0 Å². The number of carbonyl (C=O) groups is 1. The molecule has 1 aliphatic rings. The number of rotatable bonds is 3. The largest absolute Gasteiger partial charge is 0.478 e. The third kappa shape index (κ3) is 3.01. The third-order valence-electron chi connectivity index (χ3n) is 3.42. The average molecular weight is 268 g/mol. The summed E-state index contributed by atoms with van der Waals surface area (Å²) in [5.41, 5.74) is -0.152. The average Bonchev–Trinajstić information content (AvgIpc) is 2.63. The lowest BCUT2D eigenvalue weighted by Gasteiger charge is -2.30. The summed E-state index contributed by atoms with van der Waals surface area (Å²) in [4.78, 5) is 16.9. The summed E-state index contributed by atoms with van der Waals surface area (Å²) in [5.74, 6) is -1.63. The number of hydrogen-bond acceptors (Lipinski definition) is 4. The number of anilines is 1. The molecule has 19 heavy (non-hydrogen) atoms. The minimum atomic E-state index is -1.21. The van der Waals surface area contributed by atoms with Gasteiger partial charge in [0, 0.05) is 6.54 Å². The lowest BCUT2D eigenvalue weighted by atomic mass is 10.1. The monoisotopic (exact) mass is 268 g/mol. The van der Waals surface area contributed by atoms with E-state index in [1.54, 1.807) is 4.90 Å². The van der Waals surface area contributed by atoms with Crippen LogP contribution in [0.3, 0.4) is 0 Å². The Kier molecular flexibility index (Phi) is 4.31. The first kappa shape index (κ1) is 13.7. The van der Waals surface area contributed by atoms with Crippen LogP contribution in [0.5, 0.6) is 0 Å². The zero-order chi connectivity index (χ0) is 13.8. The number of carboxylic acids is 1. The van der Waals surface area contributed by atoms with Gasteiger partial charge in [-0.15, -0.1) is 0 Å². The molecule has 6 heteroatoms. The van der Waals surface area contributed by atoms with Gasteiger partial charge in [-0.3, -0.25) is 0 Å². The van der Waals surface area contributed by atoms with Gasteiger partial charge in [-0.2, -0.15) is 0 Å². The van der Waals surface area contributed by atoms with Crippen molar-refractivity contribution in [2.75, 3.05) is 18.1 Å². The molecule has 5 nitrogen and oxygen atoms in total. The number of hydrogen-bond donors (Lipinski definition) is 2. The molecule has 0 spiro atoms. The normalized spacial score (nSPS) is 20.1. The van der Waals surface area contributed by atoms with Gasteiger partial charge >= 0.3 is 5.97 Å². The Hall–Kier alpha value is -1.69. The second-order valence-electron chi connectivity index (χ2n) is 4.71. The van der Waals surface area contributed by atoms with E-state index in [0.717, 1.165) is 37.9 Å². The van der Waals surface area contributed by atoms with Crippen LogP contribution in [0.2, 0.25) is 0 Å². The van der Waals surface area contributed by atoms with Gasteiger partial charge in [0.05, 0.1) is 18.8 Å². The van der Waals surface area contributed by atoms with E-state index in [0.29, 0.717) is 6.54 Å². The molecular weight excluding hydrogens is 251 g/mol. The Morgan fingerprint density at radius 3 is 2.95 bits per heavy atom. The summed E-state index contributed by atoms with van der Waals surface area (Å²) >= 11 is 0. The molecule has 0 saturated carbocycles. The number of aliphatic hydroxyl groups excluding tert-OH is 1. The summed E-state index contributed by atoms with van der Waals surface area (Å²) in [7, 11) is 0. The molecule has 1 aliphatic heterocycles. The highest BCUT2D eigenvalue weighted by molar-refractivity contribution is 5.93. The lowest BCUT2D eigenvalue weighted by Crippen LogP contribution is -2.39. The summed E-state index contributed by atoms with van der Waals surface area (Å²) in [6.07, 6.45) is 4.74. The number of halogens is 1. The maximum absolute atomic E-state index is 13.1. The van der Waals surface area contributed by atoms with Crippen molar-refractivity contribution in [3.8, 4) is 0 Å². The maximum atomic E-state index is 13.1. The van der Waals surface area contributed by atoms with Crippen molar-refractivity contribution in [3.63, 3.8) is 0 Å². The molecule has 0 radical (unpaired) electrons. The molecule has 1 atom stereocenters. The first-order valence-corrected chi connectivity index (χ1v) is 6.40. The van der Waals surface area contributed by atoms with E-state index < -0.39 is 11.8 Å². The van der Waals surface area contributed by atoms with E-state index in [-0.39, 0.29) is 24.0 Å². The molecule has 2 N–H and O–H groups in total. The van der Waals surface area contributed by atoms with Crippen LogP contribution < -0.4 is 4.90 Å². The molecule has 1 aromatic heterocycles. The maximum Gasteiger partial charge on any atom is 0.339 e. The predicted molar refractivity (Wildman–Crippen MR) is 67.8 cm³/mol. The zero-order valence-electron chi connectivity index (χ0n) is 10.5. The Balaban J connectivity index is 2.40. The summed E-state index contributed by atoms with van der Waals surface area (Å²) in [5, 5.41) is 18.6. The molecule has 1 fully saturated rings. The van der Waals surface area contributed by atoms with E-state index in [2.05, 4.69) is 4.98 Å². The van der Waals surface area contributed by atoms with Crippen LogP contribution in [0.25, 0.3) is 0 Å². The van der Waals surface area contributed by atoms with Gasteiger partial charge in [0.25, 0.3) is 0 Å². The topological polar surface area (TPSA) is 73.7 Å². The Labute approximate surface area is 110 Å². The number of aromatic nitrogens is 1. The van der Waals surface area contributed by atoms with Crippen molar-refractivity contribution >= 4 is 11.8 Å². The molecule has 0 aromatic carbocycles. The lowest BCUT2D eigenvalue weighted by molar-refractivity contribution is 0.0696. The molecule has 1 aromatic rings. The molecular formula is C13H17FN2O3. The Bertz CT molecular complexity index is 467. The van der Waals surface area contributed by atoms with Crippen molar-refractivity contribution in [1.82, 2.24) is 4.98 Å². The van der Waals surface area contributed by atoms with Crippen LogP contribution >= 0.6 is 0 Å². The van der Waals surface area contributed by atoms with Gasteiger partial charge in [0.15, 0.2) is 0 Å². The highest BCUT2D eigenvalue weighted by atomic mass is 19.1. The third-order valence-corrected chi connectivity index (χ3v) is 3.42. The van der Waals surface area contributed by atoms with Gasteiger partial charge in [-0.05, 0) is 18.9 Å². The van der Waals surface area contributed by atoms with Crippen molar-refractivity contribution in [1.29, 1.82) is 0 Å². The van der Waals surface area contributed by atoms with E-state index in [9.17, 15) is 14.3 Å². The van der Waals surface area contributed by atoms with Gasteiger partial charge in [-0.1, -0.05) is 12.8 Å². The van der Waals surface area contributed by atoms with Gasteiger partial charge in [-0.25, -0.2) is 14.2 Å². The fraction of sp³-hybridized carbons (Fsp3) is 0.538. The fourth-order valence-electron chi connectivity index (χ4n) is 2.46. The molecule has 2 rings (SSSR count). The molecule has 0 amide bonds. The molecule has 0 aliphatic carbocycles. The van der Waals surface area contributed by atoms with Crippen molar-refractivity contribution < 1.29 is 19.4 Å². The second-order valence-corrected chi connectivity index (χ2v) is 4.71. The highest BCUT2D eigenvalue weighted by Gasteiger charge is 2.26. The molecule has 104 valence electrons. The van der Waals surface area contributed by atoms with Crippen molar-refractivity contribution in [2.45, 2.75) is 31.7 Å². The molecule has 1 unspecified atom stereocenters. The van der Waals surface area contributed by atoms with Crippen molar-refractivity contribution in [2.24, 2.45) is 0 Å². The highest BCUT2D eigenvalue weighted by Crippen LogP contribution is 2.26. The van der Waals surface area contributed by atoms with E-state index in [4.69, 9.17) is 5.11 Å². The van der Waals surface area contributed by atoms with Gasteiger partial charge in [0.2, 0.25) is 0 Å². The van der Waals surface area contributed by atoms with Crippen LogP contribution in [0.4, 0.5) is 10.2 Å². The fourth-order valence-corrected chi connectivity index (χ4v) is 2.46. The van der Waals surface area contributed by atoms with Crippen LogP contribution in [0.1, 0.15) is 36.0 Å². The molecule has 1 saturated heterocycles. The number of pyridine rings is 1. The minimum absolute atomic E-state index is 0.0574. The van der Waals surface area contributed by atoms with E-state index in [1.807, 2.05) is 0 Å². The van der Waals surface area contributed by atoms with Crippen LogP contribution in [-0.4, -0.2) is 40.4 Å². The number of aromatic carboxylic acids is 1. The SMILES string of the molecule is O=C(O)c1cc(F)cnc1N1CCCCCC1CO. The molecule has 0 bridgehead atoms. The van der Waals surface area contributed by atoms with Gasteiger partial charge < -0.3 is 15.1 Å². The minimum Gasteiger partial charge on any atom is -0.478 e. The van der Waals surface area contributed by atoms with Crippen LogP contribution in [0, 0.1) is 5.82 Å². The van der Waals surface area contributed by atoms with Crippen LogP contribution in [0.15, 0.2) is 12.3 Å². The number of aliphatic hydroxyl groups is 1. The van der Waals surface area contributed by atoms with Gasteiger partial charge in [0.1, 0.15) is 17.2 Å². The van der Waals surface area contributed by atoms with Crippen molar-refractivity contribution in [3.05, 3.63) is 23.6 Å². The Morgan fingerprint density at radius 1 is 1.47 bits per heavy atom. The molecule has 2 heterocycles.